The molecule has 2 aromatic heterocycles. The first kappa shape index (κ1) is 28.2. The van der Waals surface area contributed by atoms with Crippen molar-refractivity contribution in [2.24, 2.45) is 10.8 Å². The minimum absolute atomic E-state index is 0.312. The standard InChI is InChI=1S/C36H39ClN4O2/c1-24-21-41(30-9-6-27(23-42)33(17-30)43-31-16-26-10-13-38-34(26)39-20-31)15-14-40(24)22-28-18-36(11-12-36)35(2,3)19-32(28)25-4-7-29(37)8-5-25/h4-10,13,16-17,20,23-24H,11-12,14-15,18-19,21-22H2,1-3H3,(H,38,39)/t24-/m1/s1. The summed E-state index contributed by atoms with van der Waals surface area (Å²) < 4.78 is 6.20. The van der Waals surface area contributed by atoms with Crippen LogP contribution in [0.1, 0.15) is 62.4 Å². The summed E-state index contributed by atoms with van der Waals surface area (Å²) in [7, 11) is 0. The van der Waals surface area contributed by atoms with Crippen molar-refractivity contribution >= 4 is 40.2 Å². The molecule has 1 N–H and O–H groups in total. The van der Waals surface area contributed by atoms with Gasteiger partial charge >= 0.3 is 0 Å². The smallest absolute Gasteiger partial charge is 0.153 e. The lowest BCUT2D eigenvalue weighted by molar-refractivity contribution is 0.112. The number of allylic oxidation sites excluding steroid dienone is 1. The topological polar surface area (TPSA) is 61.5 Å². The summed E-state index contributed by atoms with van der Waals surface area (Å²) in [5, 5.41) is 1.76. The highest BCUT2D eigenvalue weighted by Gasteiger charge is 2.56. The number of pyridine rings is 1. The number of hydrogen-bond donors (Lipinski definition) is 1. The molecule has 0 radical (unpaired) electrons. The number of nitrogens with zero attached hydrogens (tertiary/aromatic N) is 3. The minimum Gasteiger partial charge on any atom is -0.455 e. The van der Waals surface area contributed by atoms with E-state index in [1.165, 1.54) is 30.4 Å². The first-order valence-corrected chi connectivity index (χ1v) is 15.8. The molecule has 0 unspecified atom stereocenters. The van der Waals surface area contributed by atoms with Gasteiger partial charge in [-0.3, -0.25) is 9.69 Å². The van der Waals surface area contributed by atoms with E-state index in [-0.39, 0.29) is 0 Å². The quantitative estimate of drug-likeness (QED) is 0.218. The van der Waals surface area contributed by atoms with Gasteiger partial charge in [0.05, 0.1) is 11.8 Å². The van der Waals surface area contributed by atoms with Crippen molar-refractivity contribution < 1.29 is 9.53 Å². The second kappa shape index (κ2) is 10.8. The Morgan fingerprint density at radius 3 is 2.63 bits per heavy atom. The summed E-state index contributed by atoms with van der Waals surface area (Å²) in [5.74, 6) is 1.16. The fourth-order valence-corrected chi connectivity index (χ4v) is 7.47. The van der Waals surface area contributed by atoms with E-state index in [1.807, 2.05) is 48.7 Å². The van der Waals surface area contributed by atoms with Crippen molar-refractivity contribution in [3.63, 3.8) is 0 Å². The second-order valence-corrected chi connectivity index (χ2v) is 13.8. The van der Waals surface area contributed by atoms with Gasteiger partial charge in [-0.15, -0.1) is 0 Å². The van der Waals surface area contributed by atoms with E-state index in [1.54, 1.807) is 11.8 Å². The van der Waals surface area contributed by atoms with Crippen molar-refractivity contribution in [3.05, 3.63) is 88.7 Å². The summed E-state index contributed by atoms with van der Waals surface area (Å²) in [6, 6.07) is 18.6. The molecular formula is C36H39ClN4O2. The van der Waals surface area contributed by atoms with Crippen LogP contribution in [-0.4, -0.2) is 53.4 Å². The number of ether oxygens (including phenoxy) is 1. The lowest BCUT2D eigenvalue weighted by Crippen LogP contribution is -2.52. The number of anilines is 1. The van der Waals surface area contributed by atoms with Gasteiger partial charge in [-0.05, 0) is 91.0 Å². The molecule has 0 bridgehead atoms. The summed E-state index contributed by atoms with van der Waals surface area (Å²) >= 11 is 6.26. The van der Waals surface area contributed by atoms with Crippen molar-refractivity contribution in [1.82, 2.24) is 14.9 Å². The van der Waals surface area contributed by atoms with Crippen molar-refractivity contribution in [1.29, 1.82) is 0 Å². The highest BCUT2D eigenvalue weighted by Crippen LogP contribution is 2.67. The molecule has 2 aromatic carbocycles. The second-order valence-electron chi connectivity index (χ2n) is 13.4. The molecule has 7 heteroatoms. The van der Waals surface area contributed by atoms with Gasteiger partial charge in [0.2, 0.25) is 0 Å². The molecule has 1 aliphatic heterocycles. The maximum absolute atomic E-state index is 11.9. The van der Waals surface area contributed by atoms with E-state index in [0.29, 0.717) is 33.9 Å². The van der Waals surface area contributed by atoms with Gasteiger partial charge in [-0.2, -0.15) is 0 Å². The Hall–Kier alpha value is -3.61. The van der Waals surface area contributed by atoms with Crippen LogP contribution in [0.3, 0.4) is 0 Å². The summed E-state index contributed by atoms with van der Waals surface area (Å²) in [5.41, 5.74) is 7.63. The van der Waals surface area contributed by atoms with Gasteiger partial charge in [-0.25, -0.2) is 4.98 Å². The zero-order valence-corrected chi connectivity index (χ0v) is 26.0. The van der Waals surface area contributed by atoms with E-state index in [4.69, 9.17) is 16.3 Å². The Labute approximate surface area is 258 Å². The monoisotopic (exact) mass is 594 g/mol. The van der Waals surface area contributed by atoms with Crippen LogP contribution >= 0.6 is 11.6 Å². The number of carbonyl (C=O) groups excluding carboxylic acids is 1. The Morgan fingerprint density at radius 1 is 1.07 bits per heavy atom. The molecule has 1 saturated carbocycles. The van der Waals surface area contributed by atoms with Gasteiger partial charge in [0.1, 0.15) is 17.1 Å². The fourth-order valence-electron chi connectivity index (χ4n) is 7.34. The molecular weight excluding hydrogens is 556 g/mol. The van der Waals surface area contributed by atoms with E-state index >= 15 is 0 Å². The predicted molar refractivity (Wildman–Crippen MR) is 174 cm³/mol. The molecule has 1 atom stereocenters. The number of H-pyrrole nitrogens is 1. The maximum atomic E-state index is 11.9. The Balaban J connectivity index is 1.10. The van der Waals surface area contributed by atoms with E-state index in [0.717, 1.165) is 60.6 Å². The first-order chi connectivity index (χ1) is 20.7. The molecule has 6 nitrogen and oxygen atoms in total. The van der Waals surface area contributed by atoms with Crippen molar-refractivity contribution in [3.8, 4) is 11.5 Å². The third-order valence-electron chi connectivity index (χ3n) is 10.3. The Bertz CT molecular complexity index is 1700. The number of rotatable bonds is 7. The van der Waals surface area contributed by atoms with E-state index < -0.39 is 0 Å². The third-order valence-corrected chi connectivity index (χ3v) is 10.6. The average molecular weight is 595 g/mol. The van der Waals surface area contributed by atoms with Crippen molar-refractivity contribution in [2.75, 3.05) is 31.1 Å². The number of benzene rings is 2. The van der Waals surface area contributed by atoms with Crippen LogP contribution in [0.25, 0.3) is 16.6 Å². The van der Waals surface area contributed by atoms with Gasteiger partial charge in [0, 0.05) is 60.6 Å². The number of piperazine rings is 1. The first-order valence-electron chi connectivity index (χ1n) is 15.4. The molecule has 4 aromatic rings. The number of aldehydes is 1. The molecule has 1 saturated heterocycles. The van der Waals surface area contributed by atoms with E-state index in [9.17, 15) is 4.79 Å². The Morgan fingerprint density at radius 2 is 1.88 bits per heavy atom. The average Bonchev–Trinajstić information content (AvgIpc) is 3.64. The molecule has 7 rings (SSSR count). The summed E-state index contributed by atoms with van der Waals surface area (Å²) in [6.07, 6.45) is 9.40. The number of nitrogens with one attached hydrogen (secondary N) is 1. The molecule has 2 fully saturated rings. The van der Waals surface area contributed by atoms with Crippen LogP contribution < -0.4 is 9.64 Å². The number of aromatic amines is 1. The lowest BCUT2D eigenvalue weighted by atomic mass is 9.63. The molecule has 3 heterocycles. The van der Waals surface area contributed by atoms with Crippen LogP contribution in [0.2, 0.25) is 5.02 Å². The summed E-state index contributed by atoms with van der Waals surface area (Å²) in [6.45, 7) is 11.1. The molecule has 0 amide bonds. The van der Waals surface area contributed by atoms with Gasteiger partial charge in [0.15, 0.2) is 6.29 Å². The highest BCUT2D eigenvalue weighted by molar-refractivity contribution is 6.30. The normalized spacial score (nSPS) is 21.4. The SMILES string of the molecule is C[C@@H]1CN(c2ccc(C=O)c(Oc3cnc4[nH]ccc4c3)c2)CCN1CC1=C(c2ccc(Cl)cc2)CC(C)(C)C2(CC2)C1. The molecule has 222 valence electrons. The maximum Gasteiger partial charge on any atom is 0.153 e. The lowest BCUT2D eigenvalue weighted by Gasteiger charge is -2.45. The van der Waals surface area contributed by atoms with Crippen LogP contribution in [0, 0.1) is 10.8 Å². The number of aromatic nitrogens is 2. The fraction of sp³-hybridized carbons (Fsp3) is 0.389. The number of carbonyl (C=O) groups is 1. The molecule has 2 aliphatic carbocycles. The van der Waals surface area contributed by atoms with Crippen molar-refractivity contribution in [2.45, 2.75) is 52.5 Å². The van der Waals surface area contributed by atoms with Gasteiger partial charge < -0.3 is 14.6 Å². The predicted octanol–water partition coefficient (Wildman–Crippen LogP) is 8.39. The number of halogens is 1. The third kappa shape index (κ3) is 5.36. The zero-order valence-electron chi connectivity index (χ0n) is 25.2. The van der Waals surface area contributed by atoms with Gasteiger partial charge in [0.25, 0.3) is 0 Å². The van der Waals surface area contributed by atoms with E-state index in [2.05, 4.69) is 52.7 Å². The van der Waals surface area contributed by atoms with Gasteiger partial charge in [-0.1, -0.05) is 43.2 Å². The highest BCUT2D eigenvalue weighted by atomic mass is 35.5. The summed E-state index contributed by atoms with van der Waals surface area (Å²) in [4.78, 5) is 24.5. The van der Waals surface area contributed by atoms with Crippen LogP contribution in [-0.2, 0) is 0 Å². The Kier molecular flexibility index (Phi) is 7.10. The minimum atomic E-state index is 0.312. The zero-order chi connectivity index (χ0) is 29.8. The molecule has 3 aliphatic rings. The largest absolute Gasteiger partial charge is 0.455 e. The van der Waals surface area contributed by atoms with Crippen LogP contribution in [0.15, 0.2) is 72.6 Å². The number of hydrogen-bond acceptors (Lipinski definition) is 5. The molecule has 43 heavy (non-hydrogen) atoms. The van der Waals surface area contributed by atoms with Crippen LogP contribution in [0.5, 0.6) is 11.5 Å². The van der Waals surface area contributed by atoms with Crippen LogP contribution in [0.4, 0.5) is 5.69 Å². The number of fused-ring (bicyclic) bond motifs is 1. The molecule has 1 spiro atoms.